The molecule has 0 radical (unpaired) electrons. The number of hydrogen-bond acceptors (Lipinski definition) is 20. The second kappa shape index (κ2) is 58.4. The minimum atomic E-state index is -4.57. The summed E-state index contributed by atoms with van der Waals surface area (Å²) >= 11 is 6.36. The number of rotatable bonds is 30. The maximum Gasteiger partial charge on any atom is 0.418 e. The maximum atomic E-state index is 13.3. The van der Waals surface area contributed by atoms with Crippen LogP contribution in [0.3, 0.4) is 0 Å². The molecule has 1 fully saturated rings. The van der Waals surface area contributed by atoms with Crippen molar-refractivity contribution in [2.75, 3.05) is 83.2 Å². The molecule has 1 saturated carbocycles. The van der Waals surface area contributed by atoms with Gasteiger partial charge in [-0.05, 0) is 252 Å². The van der Waals surface area contributed by atoms with E-state index >= 15 is 0 Å². The van der Waals surface area contributed by atoms with Gasteiger partial charge >= 0.3 is 6.18 Å². The van der Waals surface area contributed by atoms with E-state index in [1.54, 1.807) is 50.5 Å². The summed E-state index contributed by atoms with van der Waals surface area (Å²) in [7, 11) is 1.58. The highest BCUT2D eigenvalue weighted by Crippen LogP contribution is 2.46. The first-order valence-corrected chi connectivity index (χ1v) is 53.2. The Balaban J connectivity index is 0.000000210. The topological polar surface area (TPSA) is 248 Å². The van der Waals surface area contributed by atoms with Crippen molar-refractivity contribution in [1.82, 2.24) is 0 Å². The number of halogens is 5. The van der Waals surface area contributed by atoms with Crippen molar-refractivity contribution in [3.05, 3.63) is 341 Å². The molecule has 6 amide bonds. The van der Waals surface area contributed by atoms with Crippen LogP contribution in [0, 0.1) is 83.1 Å². The van der Waals surface area contributed by atoms with Gasteiger partial charge in [-0.25, -0.2) is 8.78 Å². The van der Waals surface area contributed by atoms with Gasteiger partial charge in [0.15, 0.2) is 0 Å². The van der Waals surface area contributed by atoms with E-state index in [2.05, 4.69) is 116 Å². The van der Waals surface area contributed by atoms with E-state index in [9.17, 15) is 50.7 Å². The van der Waals surface area contributed by atoms with Crippen LogP contribution in [0.2, 0.25) is 0 Å². The molecular formula is C112H127F5N6O14S6. The SMILES string of the molecule is CCOc1cccc(COc2ccc(C)cc2C)c1NC(=O)SC.CCc1cccc(COc2ccc(C)cc2C)c1NC(=O)SC.COc1cccc(COc2ccc(C)cc2C)c1NC(=O)SC.CSC(=O)Nc1c(COc2ccc(C)cc2C)cccc1C(F)(F)F.CSC(=O)Nc1c(COc2ccc(C)cc2C)cccc1C(F)F.CSC(=O)Nc1c(COc2ccc(C)cc2C)cccc1C1CC1. The summed E-state index contributed by atoms with van der Waals surface area (Å²) in [5.41, 5.74) is 22.1. The summed E-state index contributed by atoms with van der Waals surface area (Å²) in [6.07, 6.45) is 6.13. The van der Waals surface area contributed by atoms with Crippen LogP contribution >= 0.6 is 70.6 Å². The molecule has 12 aromatic carbocycles. The molecule has 0 aromatic heterocycles. The van der Waals surface area contributed by atoms with E-state index in [0.717, 1.165) is 166 Å². The van der Waals surface area contributed by atoms with Crippen LogP contribution in [0.4, 0.5) is 84.8 Å². The van der Waals surface area contributed by atoms with E-state index in [0.29, 0.717) is 78.9 Å². The Morgan fingerprint density at radius 2 is 0.566 bits per heavy atom. The van der Waals surface area contributed by atoms with Crippen LogP contribution in [0.15, 0.2) is 218 Å². The predicted molar refractivity (Wildman–Crippen MR) is 584 cm³/mol. The minimum absolute atomic E-state index is 0.0316. The molecule has 0 saturated heterocycles. The number of benzene rings is 12. The molecule has 12 aromatic rings. The van der Waals surface area contributed by atoms with E-state index in [-0.39, 0.29) is 56.7 Å². The van der Waals surface area contributed by atoms with E-state index < -0.39 is 28.6 Å². The molecule has 0 unspecified atom stereocenters. The minimum Gasteiger partial charge on any atom is -0.495 e. The smallest absolute Gasteiger partial charge is 0.418 e. The Bertz CT molecular complexity index is 6080. The number of aryl methyl sites for hydroxylation is 13. The molecule has 143 heavy (non-hydrogen) atoms. The van der Waals surface area contributed by atoms with Crippen LogP contribution in [0.5, 0.6) is 46.0 Å². The average Bonchev–Trinajstić information content (AvgIpc) is 1.72. The molecule has 0 spiro atoms. The van der Waals surface area contributed by atoms with E-state index in [4.69, 9.17) is 37.9 Å². The summed E-state index contributed by atoms with van der Waals surface area (Å²) in [4.78, 5) is 70.5. The zero-order valence-electron chi connectivity index (χ0n) is 84.6. The van der Waals surface area contributed by atoms with Crippen LogP contribution < -0.4 is 69.8 Å². The molecule has 13 rings (SSSR count). The Kier molecular flexibility index (Phi) is 47.3. The van der Waals surface area contributed by atoms with Gasteiger partial charge in [-0.15, -0.1) is 0 Å². The van der Waals surface area contributed by atoms with Gasteiger partial charge in [-0.2, -0.15) is 13.2 Å². The van der Waals surface area contributed by atoms with Crippen molar-refractivity contribution < 1.29 is 88.6 Å². The number of amides is 6. The number of carbonyl (C=O) groups excluding carboxylic acids is 6. The Labute approximate surface area is 862 Å². The first-order valence-electron chi connectivity index (χ1n) is 45.9. The van der Waals surface area contributed by atoms with Gasteiger partial charge in [0.25, 0.3) is 37.9 Å². The van der Waals surface area contributed by atoms with Crippen LogP contribution in [0.25, 0.3) is 0 Å². The summed E-state index contributed by atoms with van der Waals surface area (Å²) in [6.45, 7) is 30.2. The number of alkyl halides is 5. The Morgan fingerprint density at radius 3 is 0.874 bits per heavy atom. The highest BCUT2D eigenvalue weighted by atomic mass is 32.2. The number of para-hydroxylation sites is 6. The monoisotopic (exact) mass is 2070 g/mol. The molecule has 31 heteroatoms. The van der Waals surface area contributed by atoms with Crippen molar-refractivity contribution in [1.29, 1.82) is 0 Å². The van der Waals surface area contributed by atoms with Gasteiger partial charge in [0.1, 0.15) is 85.6 Å². The third kappa shape index (κ3) is 36.8. The molecule has 760 valence electrons. The molecule has 6 N–H and O–H groups in total. The first-order chi connectivity index (χ1) is 68.4. The summed E-state index contributed by atoms with van der Waals surface area (Å²) in [6, 6.07) is 67.6. The van der Waals surface area contributed by atoms with Crippen LogP contribution in [0.1, 0.15) is 161 Å². The highest BCUT2D eigenvalue weighted by Gasteiger charge is 2.36. The zero-order valence-corrected chi connectivity index (χ0v) is 89.5. The largest absolute Gasteiger partial charge is 0.495 e. The molecule has 0 aliphatic heterocycles. The fraction of sp³-hybridized carbons (Fsp3) is 0.304. The zero-order chi connectivity index (χ0) is 105. The lowest BCUT2D eigenvalue weighted by Gasteiger charge is -2.18. The molecule has 1 aliphatic rings. The number of nitrogens with one attached hydrogen (secondary N) is 6. The number of anilines is 6. The fourth-order valence-electron chi connectivity index (χ4n) is 14.8. The van der Waals surface area contributed by atoms with Gasteiger partial charge in [-0.1, -0.05) is 275 Å². The number of thioether (sulfide) groups is 6. The second-order valence-electron chi connectivity index (χ2n) is 33.2. The van der Waals surface area contributed by atoms with Crippen molar-refractivity contribution >= 4 is 136 Å². The second-order valence-corrected chi connectivity index (χ2v) is 37.9. The lowest BCUT2D eigenvalue weighted by molar-refractivity contribution is -0.137. The number of ether oxygens (including phenoxy) is 8. The van der Waals surface area contributed by atoms with Crippen LogP contribution in [-0.4, -0.2) is 82.7 Å². The van der Waals surface area contributed by atoms with Gasteiger partial charge in [0, 0.05) is 38.9 Å². The van der Waals surface area contributed by atoms with Crippen LogP contribution in [-0.2, 0) is 52.2 Å². The van der Waals surface area contributed by atoms with Gasteiger partial charge in [0.05, 0.1) is 53.4 Å². The van der Waals surface area contributed by atoms with Crippen molar-refractivity contribution in [2.24, 2.45) is 0 Å². The third-order valence-corrected chi connectivity index (χ3v) is 25.0. The Hall–Kier alpha value is -12.4. The molecule has 0 heterocycles. The standard InChI is InChI=1S/C20H23NO2S.C19H23NO3S.C19H23NO2S.C18H18F3NO2S.C18H19F2NO2S.C18H21NO3S/c1-13-7-10-18(14(2)11-13)23-12-16-5-4-6-17(15-8-9-15)19(16)21-20(22)24-3;1-5-22-17-8-6-7-15(18(17)20-19(21)24-4)12-23-16-10-9-13(2)11-14(16)3;1-5-15-7-6-8-16(18(15)20-19(21)23-4)12-22-17-10-9-13(2)11-14(17)3;1-11-7-8-15(12(2)9-11)24-10-13-5-4-6-14(18(19,20)21)16(13)22-17(23)25-3;1-11-7-8-15(12(2)9-11)23-10-13-5-4-6-14(17(19)20)16(13)21-18(22)24-3;1-12-8-9-15(13(2)10-12)22-11-14-6-5-7-16(21-3)17(14)19-18(20)23-4/h4-7,10-11,15H,8-9,12H2,1-3H3,(H,21,22);6-11H,5,12H2,1-4H3,(H,20,21);6-11H,5,12H2,1-4H3,(H,20,21);4-9H,10H2,1-3H3,(H,22,23);4-9,17H,10H2,1-3H3,(H,21,22);5-10H,11H2,1-4H3,(H,19,20). The number of methoxy groups -OCH3 is 1. The molecule has 0 bridgehead atoms. The number of carbonyl (C=O) groups is 6. The quantitative estimate of drug-likeness (QED) is 0.0229. The Morgan fingerprint density at radius 1 is 0.308 bits per heavy atom. The third-order valence-electron chi connectivity index (χ3n) is 22.2. The lowest BCUT2D eigenvalue weighted by Crippen LogP contribution is -2.16. The molecular weight excluding hydrogens is 1940 g/mol. The molecule has 1 aliphatic carbocycles. The van der Waals surface area contributed by atoms with Crippen molar-refractivity contribution in [3.8, 4) is 46.0 Å². The van der Waals surface area contributed by atoms with Crippen molar-refractivity contribution in [2.45, 2.75) is 174 Å². The van der Waals surface area contributed by atoms with Gasteiger partial charge < -0.3 is 69.8 Å². The van der Waals surface area contributed by atoms with Gasteiger partial charge in [0.2, 0.25) is 0 Å². The summed E-state index contributed by atoms with van der Waals surface area (Å²) in [5, 5.41) is 15.3. The molecule has 20 nitrogen and oxygen atoms in total. The summed E-state index contributed by atoms with van der Waals surface area (Å²) in [5.74, 6) is 6.55. The van der Waals surface area contributed by atoms with E-state index in [1.807, 2.05) is 189 Å². The fourth-order valence-corrected chi connectivity index (χ4v) is 16.0. The lowest BCUT2D eigenvalue weighted by atomic mass is 10.0. The first kappa shape index (κ1) is 116. The number of hydrogen-bond donors (Lipinski definition) is 6. The average molecular weight is 2070 g/mol. The molecule has 0 atom stereocenters. The van der Waals surface area contributed by atoms with Crippen molar-refractivity contribution in [3.63, 3.8) is 0 Å². The van der Waals surface area contributed by atoms with Gasteiger partial charge in [-0.3, -0.25) is 28.8 Å². The summed E-state index contributed by atoms with van der Waals surface area (Å²) < 4.78 is 113. The maximum absolute atomic E-state index is 13.3. The normalized spacial score (nSPS) is 11.1. The predicted octanol–water partition coefficient (Wildman–Crippen LogP) is 32.5. The van der Waals surface area contributed by atoms with E-state index in [1.165, 1.54) is 94.7 Å². The highest BCUT2D eigenvalue weighted by molar-refractivity contribution is 8.14.